The molecule has 1 atom stereocenters. The molecular weight excluding hydrogens is 336 g/mol. The zero-order chi connectivity index (χ0) is 18.0. The van der Waals surface area contributed by atoms with Gasteiger partial charge in [-0.1, -0.05) is 23.9 Å². The summed E-state index contributed by atoms with van der Waals surface area (Å²) < 4.78 is 7.35. The molecule has 0 bridgehead atoms. The van der Waals surface area contributed by atoms with Gasteiger partial charge in [0.15, 0.2) is 5.16 Å². The monoisotopic (exact) mass is 358 g/mol. The first-order chi connectivity index (χ1) is 12.0. The van der Waals surface area contributed by atoms with Crippen molar-refractivity contribution in [2.75, 3.05) is 13.7 Å². The summed E-state index contributed by atoms with van der Waals surface area (Å²) >= 11 is 1.59. The number of hydrogen-bond donors (Lipinski definition) is 1. The topological polar surface area (TPSA) is 72.8 Å². The van der Waals surface area contributed by atoms with Gasteiger partial charge >= 0.3 is 0 Å². The number of aromatic amines is 1. The van der Waals surface area contributed by atoms with Gasteiger partial charge in [0.05, 0.1) is 28.5 Å². The molecule has 132 valence electrons. The maximum absolute atomic E-state index is 12.3. The van der Waals surface area contributed by atoms with Crippen LogP contribution in [0, 0.1) is 13.8 Å². The third kappa shape index (κ3) is 3.62. The molecule has 1 aromatic carbocycles. The maximum atomic E-state index is 12.3. The van der Waals surface area contributed by atoms with Crippen molar-refractivity contribution >= 4 is 22.7 Å². The molecule has 0 spiro atoms. The Bertz CT molecular complexity index is 948. The second-order valence-electron chi connectivity index (χ2n) is 5.94. The average Bonchev–Trinajstić information content (AvgIpc) is 2.86. The standard InChI is InChI=1S/C18H22N4O2S/c1-11-12(2)22(9-10-24-4)18(19-11)25-13(3)16-20-15-8-6-5-7-14(15)17(23)21-16/h5-8,13H,9-10H2,1-4H3,(H,20,21,23). The second kappa shape index (κ2) is 7.41. The normalized spacial score (nSPS) is 12.6. The Balaban J connectivity index is 1.91. The molecule has 0 saturated carbocycles. The lowest BCUT2D eigenvalue weighted by atomic mass is 10.2. The summed E-state index contributed by atoms with van der Waals surface area (Å²) in [5.41, 5.74) is 2.74. The van der Waals surface area contributed by atoms with Crippen molar-refractivity contribution in [3.8, 4) is 0 Å². The number of H-pyrrole nitrogens is 1. The molecule has 3 aromatic rings. The molecule has 0 aliphatic carbocycles. The Kier molecular flexibility index (Phi) is 5.24. The number of imidazole rings is 1. The summed E-state index contributed by atoms with van der Waals surface area (Å²) in [6.45, 7) is 7.47. The maximum Gasteiger partial charge on any atom is 0.258 e. The predicted molar refractivity (Wildman–Crippen MR) is 100 cm³/mol. The van der Waals surface area contributed by atoms with Crippen LogP contribution in [0.5, 0.6) is 0 Å². The van der Waals surface area contributed by atoms with Crippen molar-refractivity contribution in [2.24, 2.45) is 0 Å². The van der Waals surface area contributed by atoms with Crippen molar-refractivity contribution in [3.63, 3.8) is 0 Å². The van der Waals surface area contributed by atoms with Gasteiger partial charge < -0.3 is 14.3 Å². The summed E-state index contributed by atoms with van der Waals surface area (Å²) in [6.07, 6.45) is 0. The van der Waals surface area contributed by atoms with Crippen LogP contribution in [-0.4, -0.2) is 33.2 Å². The van der Waals surface area contributed by atoms with E-state index in [-0.39, 0.29) is 10.8 Å². The van der Waals surface area contributed by atoms with Crippen LogP contribution in [-0.2, 0) is 11.3 Å². The highest BCUT2D eigenvalue weighted by Gasteiger charge is 2.18. The van der Waals surface area contributed by atoms with E-state index in [9.17, 15) is 4.79 Å². The number of para-hydroxylation sites is 1. The molecule has 1 N–H and O–H groups in total. The molecule has 2 aromatic heterocycles. The van der Waals surface area contributed by atoms with E-state index in [1.54, 1.807) is 24.9 Å². The SMILES string of the molecule is COCCn1c(SC(C)c2nc3ccccc3c(=O)[nH]2)nc(C)c1C. The van der Waals surface area contributed by atoms with Gasteiger partial charge in [-0.05, 0) is 32.9 Å². The number of aryl methyl sites for hydroxylation is 1. The fourth-order valence-corrected chi connectivity index (χ4v) is 3.75. The van der Waals surface area contributed by atoms with Gasteiger partial charge in [0.1, 0.15) is 5.82 Å². The lowest BCUT2D eigenvalue weighted by molar-refractivity contribution is 0.184. The smallest absolute Gasteiger partial charge is 0.258 e. The van der Waals surface area contributed by atoms with Gasteiger partial charge in [-0.15, -0.1) is 0 Å². The van der Waals surface area contributed by atoms with Gasteiger partial charge in [0, 0.05) is 19.3 Å². The van der Waals surface area contributed by atoms with E-state index in [0.717, 1.165) is 23.1 Å². The Morgan fingerprint density at radius 2 is 2.04 bits per heavy atom. The van der Waals surface area contributed by atoms with Gasteiger partial charge in [-0.3, -0.25) is 4.79 Å². The van der Waals surface area contributed by atoms with Gasteiger partial charge in [-0.25, -0.2) is 9.97 Å². The summed E-state index contributed by atoms with van der Waals surface area (Å²) in [4.78, 5) is 24.5. The zero-order valence-electron chi connectivity index (χ0n) is 14.9. The van der Waals surface area contributed by atoms with Crippen LogP contribution < -0.4 is 5.56 Å². The fraction of sp³-hybridized carbons (Fsp3) is 0.389. The Morgan fingerprint density at radius 3 is 2.80 bits per heavy atom. The van der Waals surface area contributed by atoms with E-state index in [4.69, 9.17) is 4.74 Å². The number of methoxy groups -OCH3 is 1. The first-order valence-corrected chi connectivity index (χ1v) is 9.07. The number of aromatic nitrogens is 4. The molecule has 0 fully saturated rings. The lowest BCUT2D eigenvalue weighted by Crippen LogP contribution is -2.13. The van der Waals surface area contributed by atoms with Crippen LogP contribution >= 0.6 is 11.8 Å². The number of thioether (sulfide) groups is 1. The third-order valence-electron chi connectivity index (χ3n) is 4.24. The number of nitrogens with one attached hydrogen (secondary N) is 1. The third-order valence-corrected chi connectivity index (χ3v) is 5.34. The van der Waals surface area contributed by atoms with Gasteiger partial charge in [0.2, 0.25) is 0 Å². The van der Waals surface area contributed by atoms with Crippen molar-refractivity contribution in [1.29, 1.82) is 0 Å². The zero-order valence-corrected chi connectivity index (χ0v) is 15.7. The van der Waals surface area contributed by atoms with Crippen LogP contribution in [0.2, 0.25) is 0 Å². The average molecular weight is 358 g/mol. The van der Waals surface area contributed by atoms with E-state index in [1.165, 1.54) is 0 Å². The Morgan fingerprint density at radius 1 is 1.28 bits per heavy atom. The molecule has 0 saturated heterocycles. The second-order valence-corrected chi connectivity index (χ2v) is 7.25. The molecule has 0 amide bonds. The van der Waals surface area contributed by atoms with E-state index in [0.29, 0.717) is 23.3 Å². The molecule has 25 heavy (non-hydrogen) atoms. The van der Waals surface area contributed by atoms with E-state index in [1.807, 2.05) is 32.0 Å². The largest absolute Gasteiger partial charge is 0.383 e. The number of benzene rings is 1. The molecule has 6 nitrogen and oxygen atoms in total. The summed E-state index contributed by atoms with van der Waals surface area (Å²) in [7, 11) is 1.69. The highest BCUT2D eigenvalue weighted by atomic mass is 32.2. The highest BCUT2D eigenvalue weighted by molar-refractivity contribution is 7.99. The molecular formula is C18H22N4O2S. The van der Waals surface area contributed by atoms with Crippen LogP contribution in [0.15, 0.2) is 34.2 Å². The van der Waals surface area contributed by atoms with Crippen molar-refractivity contribution in [3.05, 3.63) is 51.8 Å². The lowest BCUT2D eigenvalue weighted by Gasteiger charge is -2.13. The summed E-state index contributed by atoms with van der Waals surface area (Å²) in [5, 5.41) is 1.49. The minimum atomic E-state index is -0.108. The molecule has 0 aliphatic heterocycles. The molecule has 7 heteroatoms. The minimum Gasteiger partial charge on any atom is -0.383 e. The van der Waals surface area contributed by atoms with E-state index < -0.39 is 0 Å². The van der Waals surface area contributed by atoms with Gasteiger partial charge in [0.25, 0.3) is 5.56 Å². The molecule has 1 unspecified atom stereocenters. The minimum absolute atomic E-state index is 0.0280. The number of ether oxygens (including phenoxy) is 1. The molecule has 0 aliphatic rings. The van der Waals surface area contributed by atoms with Crippen molar-refractivity contribution < 1.29 is 4.74 Å². The molecule has 0 radical (unpaired) electrons. The van der Waals surface area contributed by atoms with Crippen LogP contribution in [0.4, 0.5) is 0 Å². The Hall–Kier alpha value is -2.12. The first kappa shape index (κ1) is 17.7. The van der Waals surface area contributed by atoms with Crippen molar-refractivity contribution in [2.45, 2.75) is 37.7 Å². The Labute approximate surface area is 150 Å². The predicted octanol–water partition coefficient (Wildman–Crippen LogP) is 3.24. The quantitative estimate of drug-likeness (QED) is 0.685. The molecule has 2 heterocycles. The van der Waals surface area contributed by atoms with Gasteiger partial charge in [-0.2, -0.15) is 0 Å². The number of rotatable bonds is 6. The van der Waals surface area contributed by atoms with Crippen LogP contribution in [0.3, 0.4) is 0 Å². The number of nitrogens with zero attached hydrogens (tertiary/aromatic N) is 3. The van der Waals surface area contributed by atoms with Crippen LogP contribution in [0.25, 0.3) is 10.9 Å². The van der Waals surface area contributed by atoms with Crippen molar-refractivity contribution in [1.82, 2.24) is 19.5 Å². The summed E-state index contributed by atoms with van der Waals surface area (Å²) in [6, 6.07) is 7.38. The van der Waals surface area contributed by atoms with Crippen LogP contribution in [0.1, 0.15) is 29.4 Å². The highest BCUT2D eigenvalue weighted by Crippen LogP contribution is 2.33. The summed E-state index contributed by atoms with van der Waals surface area (Å²) in [5.74, 6) is 0.658. The first-order valence-electron chi connectivity index (χ1n) is 8.19. The van der Waals surface area contributed by atoms with E-state index >= 15 is 0 Å². The number of hydrogen-bond acceptors (Lipinski definition) is 5. The molecule has 3 rings (SSSR count). The number of fused-ring (bicyclic) bond motifs is 1. The van der Waals surface area contributed by atoms with E-state index in [2.05, 4.69) is 26.4 Å². The fourth-order valence-electron chi connectivity index (χ4n) is 2.67.